The fourth-order valence-corrected chi connectivity index (χ4v) is 2.67. The van der Waals surface area contributed by atoms with Gasteiger partial charge in [0.1, 0.15) is 24.6 Å². The highest BCUT2D eigenvalue weighted by Crippen LogP contribution is 2.32. The Morgan fingerprint density at radius 2 is 2.38 bits per heavy atom. The van der Waals surface area contributed by atoms with Gasteiger partial charge in [0, 0.05) is 24.5 Å². The first-order valence-electron chi connectivity index (χ1n) is 6.93. The van der Waals surface area contributed by atoms with Crippen LogP contribution in [0.15, 0.2) is 29.2 Å². The lowest BCUT2D eigenvalue weighted by atomic mass is 9.85. The molecule has 0 saturated heterocycles. The number of aldehydes is 1. The molecule has 0 fully saturated rings. The van der Waals surface area contributed by atoms with Gasteiger partial charge >= 0.3 is 0 Å². The normalized spacial score (nSPS) is 30.6. The molecule has 0 aromatic rings. The largest absolute Gasteiger partial charge is 0.376 e. The Bertz CT molecular complexity index is 466. The zero-order chi connectivity index (χ0) is 15.4. The zero-order valence-corrected chi connectivity index (χ0v) is 11.8. The number of rotatable bonds is 6. The molecule has 0 saturated carbocycles. The van der Waals surface area contributed by atoms with Crippen molar-refractivity contribution in [2.45, 2.75) is 31.3 Å². The van der Waals surface area contributed by atoms with Gasteiger partial charge in [-0.05, 0) is 25.6 Å². The third-order valence-corrected chi connectivity index (χ3v) is 3.84. The maximum atomic E-state index is 13.2. The summed E-state index contributed by atoms with van der Waals surface area (Å²) in [5.74, 6) is -0.986. The minimum absolute atomic E-state index is 0.251. The number of aliphatic hydroxyl groups is 2. The first-order chi connectivity index (χ1) is 10.1. The van der Waals surface area contributed by atoms with Crippen LogP contribution < -0.4 is 5.32 Å². The van der Waals surface area contributed by atoms with Crippen molar-refractivity contribution < 1.29 is 19.4 Å². The van der Waals surface area contributed by atoms with Crippen molar-refractivity contribution in [2.75, 3.05) is 7.05 Å². The van der Waals surface area contributed by atoms with Gasteiger partial charge in [0.25, 0.3) is 0 Å². The van der Waals surface area contributed by atoms with E-state index >= 15 is 0 Å². The first-order valence-corrected chi connectivity index (χ1v) is 6.93. The Balaban J connectivity index is 2.20. The number of hydrogen-bond donors (Lipinski definition) is 3. The molecule has 0 radical (unpaired) electrons. The summed E-state index contributed by atoms with van der Waals surface area (Å²) in [5, 5.41) is 28.7. The lowest BCUT2D eigenvalue weighted by Gasteiger charge is -2.42. The highest BCUT2D eigenvalue weighted by molar-refractivity contribution is 5.66. The van der Waals surface area contributed by atoms with Crippen LogP contribution in [0.25, 0.3) is 0 Å². The molecular formula is C14H20FN3O3. The summed E-state index contributed by atoms with van der Waals surface area (Å²) in [4.78, 5) is 10.6. The highest BCUT2D eigenvalue weighted by atomic mass is 19.1. The zero-order valence-electron chi connectivity index (χ0n) is 11.8. The number of carbonyl (C=O) groups excluding carboxylic acids is 1. The van der Waals surface area contributed by atoms with Gasteiger partial charge in [0.05, 0.1) is 6.04 Å². The smallest absolute Gasteiger partial charge is 0.150 e. The molecule has 1 heterocycles. The second kappa shape index (κ2) is 6.93. The number of nitrogens with one attached hydrogen (secondary N) is 1. The van der Waals surface area contributed by atoms with Crippen LogP contribution in [-0.4, -0.2) is 53.3 Å². The summed E-state index contributed by atoms with van der Waals surface area (Å²) in [6.07, 6.45) is 5.32. The van der Waals surface area contributed by atoms with E-state index < -0.39 is 18.5 Å². The highest BCUT2D eigenvalue weighted by Gasteiger charge is 2.38. The SMILES string of the molecule is CNC(O)C(CCC=O)N1N=CC2C=C(F)C=CC2C1O. The van der Waals surface area contributed by atoms with Gasteiger partial charge in [0.15, 0.2) is 0 Å². The molecule has 5 atom stereocenters. The van der Waals surface area contributed by atoms with Crippen LogP contribution in [0.1, 0.15) is 12.8 Å². The van der Waals surface area contributed by atoms with Crippen LogP contribution in [0.2, 0.25) is 0 Å². The number of nitrogens with zero attached hydrogens (tertiary/aromatic N) is 2. The summed E-state index contributed by atoms with van der Waals surface area (Å²) in [6.45, 7) is 0. The Morgan fingerprint density at radius 3 is 3.05 bits per heavy atom. The number of aliphatic hydroxyl groups excluding tert-OH is 2. The molecule has 116 valence electrons. The van der Waals surface area contributed by atoms with E-state index in [2.05, 4.69) is 10.4 Å². The molecule has 0 spiro atoms. The van der Waals surface area contributed by atoms with Gasteiger partial charge in [0.2, 0.25) is 0 Å². The third kappa shape index (κ3) is 3.37. The van der Waals surface area contributed by atoms with Gasteiger partial charge < -0.3 is 15.0 Å². The van der Waals surface area contributed by atoms with Gasteiger partial charge in [-0.1, -0.05) is 6.08 Å². The fraction of sp³-hybridized carbons (Fsp3) is 0.571. The number of allylic oxidation sites excluding steroid dienone is 3. The van der Waals surface area contributed by atoms with Crippen molar-refractivity contribution in [3.63, 3.8) is 0 Å². The van der Waals surface area contributed by atoms with Crippen molar-refractivity contribution >= 4 is 12.5 Å². The Hall–Kier alpha value is -1.57. The van der Waals surface area contributed by atoms with E-state index in [1.54, 1.807) is 19.3 Å². The summed E-state index contributed by atoms with van der Waals surface area (Å²) < 4.78 is 13.2. The second-order valence-corrected chi connectivity index (χ2v) is 5.17. The Kier molecular flexibility index (Phi) is 5.22. The number of halogens is 1. The van der Waals surface area contributed by atoms with Crippen LogP contribution >= 0.6 is 0 Å². The Morgan fingerprint density at radius 1 is 1.62 bits per heavy atom. The van der Waals surface area contributed by atoms with Crippen molar-refractivity contribution in [3.8, 4) is 0 Å². The van der Waals surface area contributed by atoms with E-state index in [-0.39, 0.29) is 24.1 Å². The van der Waals surface area contributed by atoms with Crippen molar-refractivity contribution in [2.24, 2.45) is 16.9 Å². The molecule has 5 unspecified atom stereocenters. The lowest BCUT2D eigenvalue weighted by molar-refractivity contribution is -0.112. The van der Waals surface area contributed by atoms with Crippen LogP contribution in [0.4, 0.5) is 4.39 Å². The summed E-state index contributed by atoms with van der Waals surface area (Å²) >= 11 is 0. The minimum Gasteiger partial charge on any atom is -0.376 e. The number of fused-ring (bicyclic) bond motifs is 1. The predicted octanol–water partition coefficient (Wildman–Crippen LogP) is 0.147. The van der Waals surface area contributed by atoms with Crippen molar-refractivity contribution in [1.82, 2.24) is 10.3 Å². The molecule has 3 N–H and O–H groups in total. The average molecular weight is 297 g/mol. The van der Waals surface area contributed by atoms with Gasteiger partial charge in [-0.2, -0.15) is 5.10 Å². The molecule has 21 heavy (non-hydrogen) atoms. The van der Waals surface area contributed by atoms with E-state index in [1.165, 1.54) is 17.2 Å². The quantitative estimate of drug-likeness (QED) is 0.480. The molecule has 7 heteroatoms. The fourth-order valence-electron chi connectivity index (χ4n) is 2.67. The maximum Gasteiger partial charge on any atom is 0.150 e. The van der Waals surface area contributed by atoms with E-state index in [9.17, 15) is 19.4 Å². The minimum atomic E-state index is -0.986. The summed E-state index contributed by atoms with van der Waals surface area (Å²) in [7, 11) is 1.58. The average Bonchev–Trinajstić information content (AvgIpc) is 2.49. The number of hydrazone groups is 1. The standard InChI is InChI=1S/C14H20FN3O3/c1-16-13(20)12(3-2-6-19)18-14(21)11-5-4-10(15)7-9(11)8-17-18/h4-9,11-14,16,20-21H,2-3H2,1H3. The van der Waals surface area contributed by atoms with E-state index in [4.69, 9.17) is 0 Å². The monoisotopic (exact) mass is 297 g/mol. The summed E-state index contributed by atoms with van der Waals surface area (Å²) in [6, 6.07) is -0.545. The number of hydrogen-bond acceptors (Lipinski definition) is 6. The first kappa shape index (κ1) is 15.8. The summed E-state index contributed by atoms with van der Waals surface area (Å²) in [5.41, 5.74) is 0. The maximum absolute atomic E-state index is 13.2. The van der Waals surface area contributed by atoms with E-state index in [1.807, 2.05) is 0 Å². The van der Waals surface area contributed by atoms with Crippen LogP contribution in [-0.2, 0) is 4.79 Å². The molecule has 6 nitrogen and oxygen atoms in total. The molecule has 1 aliphatic heterocycles. The van der Waals surface area contributed by atoms with Gasteiger partial charge in [-0.25, -0.2) is 4.39 Å². The predicted molar refractivity (Wildman–Crippen MR) is 75.8 cm³/mol. The van der Waals surface area contributed by atoms with Crippen molar-refractivity contribution in [3.05, 3.63) is 24.1 Å². The van der Waals surface area contributed by atoms with Crippen LogP contribution in [0, 0.1) is 11.8 Å². The third-order valence-electron chi connectivity index (χ3n) is 3.84. The molecule has 2 rings (SSSR count). The molecule has 2 aliphatic rings. The van der Waals surface area contributed by atoms with E-state index in [0.29, 0.717) is 6.42 Å². The van der Waals surface area contributed by atoms with Crippen molar-refractivity contribution in [1.29, 1.82) is 0 Å². The van der Waals surface area contributed by atoms with Crippen LogP contribution in [0.3, 0.4) is 0 Å². The molecule has 0 amide bonds. The molecule has 0 aromatic heterocycles. The number of likely N-dealkylation sites (N-methyl/N-ethyl adjacent to an activating group) is 1. The second-order valence-electron chi connectivity index (χ2n) is 5.17. The molecule has 0 bridgehead atoms. The van der Waals surface area contributed by atoms with Gasteiger partial charge in [-0.15, -0.1) is 0 Å². The lowest BCUT2D eigenvalue weighted by Crippen LogP contribution is -2.55. The Labute approximate surface area is 122 Å². The molecule has 1 aliphatic carbocycles. The van der Waals surface area contributed by atoms with Gasteiger partial charge in [-0.3, -0.25) is 10.3 Å². The molecular weight excluding hydrogens is 277 g/mol. The topological polar surface area (TPSA) is 85.2 Å². The van der Waals surface area contributed by atoms with Crippen LogP contribution in [0.5, 0.6) is 0 Å². The molecule has 0 aromatic carbocycles. The number of carbonyl (C=O) groups is 1. The van der Waals surface area contributed by atoms with E-state index in [0.717, 1.165) is 6.29 Å².